The fourth-order valence-electron chi connectivity index (χ4n) is 3.90. The van der Waals surface area contributed by atoms with E-state index >= 15 is 0 Å². The Morgan fingerprint density at radius 2 is 1.38 bits per heavy atom. The van der Waals surface area contributed by atoms with Crippen molar-refractivity contribution in [2.75, 3.05) is 0 Å². The number of fused-ring (bicyclic) bond motifs is 1. The van der Waals surface area contributed by atoms with Gasteiger partial charge in [0.05, 0.1) is 11.0 Å². The minimum atomic E-state index is -5.08. The summed E-state index contributed by atoms with van der Waals surface area (Å²) in [5.74, 6) is -2.00. The van der Waals surface area contributed by atoms with Crippen molar-refractivity contribution in [3.63, 3.8) is 0 Å². The molecule has 39 heavy (non-hydrogen) atoms. The van der Waals surface area contributed by atoms with Crippen LogP contribution in [0.3, 0.4) is 0 Å². The maximum Gasteiger partial charge on any atom is 0.490 e. The second-order valence-corrected chi connectivity index (χ2v) is 8.55. The highest BCUT2D eigenvalue weighted by molar-refractivity contribution is 5.95. The number of carbonyl (C=O) groups is 2. The van der Waals surface area contributed by atoms with Crippen LogP contribution in [0, 0.1) is 0 Å². The second-order valence-electron chi connectivity index (χ2n) is 8.55. The summed E-state index contributed by atoms with van der Waals surface area (Å²) in [7, 11) is 0. The molecule has 5 aromatic rings. The summed E-state index contributed by atoms with van der Waals surface area (Å²) in [6, 6.07) is 36.1. The van der Waals surface area contributed by atoms with Gasteiger partial charge in [0.2, 0.25) is 0 Å². The number of amides is 1. The standard InChI is InChI=1S/C28H23N3O.C2HF3O2/c32-28(29-19-21-10-3-1-4-11-21)24-15-9-14-23(18-24)27-30-25-16-7-8-17-26(25)31(27)20-22-12-5-2-6-13-22;3-2(4,5)1(6)7/h1-18H,19-20H2,(H,29,32);(H,6,7). The van der Waals surface area contributed by atoms with E-state index in [2.05, 4.69) is 28.1 Å². The number of carboxylic acid groups (broad SMARTS) is 1. The third-order valence-corrected chi connectivity index (χ3v) is 5.76. The van der Waals surface area contributed by atoms with Crippen molar-refractivity contribution in [3.8, 4) is 11.4 Å². The fraction of sp³-hybridized carbons (Fsp3) is 0.100. The van der Waals surface area contributed by atoms with Gasteiger partial charge in [-0.2, -0.15) is 13.2 Å². The van der Waals surface area contributed by atoms with Gasteiger partial charge in [0, 0.05) is 24.2 Å². The minimum absolute atomic E-state index is 0.0959. The number of hydrogen-bond acceptors (Lipinski definition) is 3. The van der Waals surface area contributed by atoms with E-state index in [0.29, 0.717) is 18.7 Å². The van der Waals surface area contributed by atoms with Crippen LogP contribution < -0.4 is 5.32 Å². The highest BCUT2D eigenvalue weighted by Crippen LogP contribution is 2.26. The van der Waals surface area contributed by atoms with Crippen LogP contribution >= 0.6 is 0 Å². The van der Waals surface area contributed by atoms with Crippen molar-refractivity contribution in [1.82, 2.24) is 14.9 Å². The minimum Gasteiger partial charge on any atom is -0.475 e. The smallest absolute Gasteiger partial charge is 0.475 e. The first kappa shape index (κ1) is 27.1. The van der Waals surface area contributed by atoms with Gasteiger partial charge in [0.25, 0.3) is 5.91 Å². The zero-order chi connectivity index (χ0) is 27.8. The first-order valence-corrected chi connectivity index (χ1v) is 11.9. The molecule has 0 bridgehead atoms. The van der Waals surface area contributed by atoms with E-state index in [4.69, 9.17) is 14.9 Å². The van der Waals surface area contributed by atoms with Crippen molar-refractivity contribution in [1.29, 1.82) is 0 Å². The Balaban J connectivity index is 0.000000448. The van der Waals surface area contributed by atoms with E-state index in [1.165, 1.54) is 5.56 Å². The summed E-state index contributed by atoms with van der Waals surface area (Å²) >= 11 is 0. The van der Waals surface area contributed by atoms with Gasteiger partial charge in [-0.3, -0.25) is 4.79 Å². The summed E-state index contributed by atoms with van der Waals surface area (Å²) < 4.78 is 34.0. The Labute approximate surface area is 222 Å². The number of nitrogens with one attached hydrogen (secondary N) is 1. The molecule has 5 rings (SSSR count). The van der Waals surface area contributed by atoms with E-state index in [1.54, 1.807) is 0 Å². The zero-order valence-electron chi connectivity index (χ0n) is 20.6. The second kappa shape index (κ2) is 12.1. The number of para-hydroxylation sites is 2. The number of nitrogens with zero attached hydrogens (tertiary/aromatic N) is 2. The molecule has 2 N–H and O–H groups in total. The molecule has 0 aliphatic rings. The quantitative estimate of drug-likeness (QED) is 0.269. The number of imidazole rings is 1. The van der Waals surface area contributed by atoms with E-state index in [-0.39, 0.29) is 5.91 Å². The molecule has 9 heteroatoms. The summed E-state index contributed by atoms with van der Waals surface area (Å²) in [6.45, 7) is 1.21. The topological polar surface area (TPSA) is 84.2 Å². The average molecular weight is 532 g/mol. The van der Waals surface area contributed by atoms with Crippen molar-refractivity contribution in [3.05, 3.63) is 126 Å². The van der Waals surface area contributed by atoms with E-state index in [0.717, 1.165) is 28.0 Å². The lowest BCUT2D eigenvalue weighted by molar-refractivity contribution is -0.192. The van der Waals surface area contributed by atoms with Gasteiger partial charge in [-0.25, -0.2) is 9.78 Å². The van der Waals surface area contributed by atoms with Crippen molar-refractivity contribution < 1.29 is 27.9 Å². The van der Waals surface area contributed by atoms with Gasteiger partial charge < -0.3 is 15.0 Å². The molecule has 0 atom stereocenters. The van der Waals surface area contributed by atoms with E-state index < -0.39 is 12.1 Å². The van der Waals surface area contributed by atoms with E-state index in [1.807, 2.05) is 91.0 Å². The molecule has 4 aromatic carbocycles. The van der Waals surface area contributed by atoms with E-state index in [9.17, 15) is 18.0 Å². The molecular weight excluding hydrogens is 507 g/mol. The Morgan fingerprint density at radius 3 is 2.03 bits per heavy atom. The third-order valence-electron chi connectivity index (χ3n) is 5.76. The van der Waals surface area contributed by atoms with Crippen LogP contribution in [-0.4, -0.2) is 32.7 Å². The lowest BCUT2D eigenvalue weighted by Gasteiger charge is -2.11. The Bertz CT molecular complexity index is 1570. The van der Waals surface area contributed by atoms with Gasteiger partial charge >= 0.3 is 12.1 Å². The van der Waals surface area contributed by atoms with Gasteiger partial charge in [0.1, 0.15) is 5.82 Å². The number of alkyl halides is 3. The molecule has 0 unspecified atom stereocenters. The number of benzene rings is 4. The predicted octanol–water partition coefficient (Wildman–Crippen LogP) is 6.31. The molecule has 0 radical (unpaired) electrons. The lowest BCUT2D eigenvalue weighted by Crippen LogP contribution is -2.22. The van der Waals surface area contributed by atoms with Crippen LogP contribution in [0.1, 0.15) is 21.5 Å². The molecular formula is C30H24F3N3O3. The number of halogens is 3. The lowest BCUT2D eigenvalue weighted by atomic mass is 10.1. The average Bonchev–Trinajstić information content (AvgIpc) is 3.31. The normalized spacial score (nSPS) is 10.9. The van der Waals surface area contributed by atoms with Gasteiger partial charge in [-0.15, -0.1) is 0 Å². The number of aliphatic carboxylic acids is 1. The number of aromatic nitrogens is 2. The number of hydrogen-bond donors (Lipinski definition) is 2. The Morgan fingerprint density at radius 1 is 0.795 bits per heavy atom. The first-order valence-electron chi connectivity index (χ1n) is 11.9. The molecule has 0 spiro atoms. The number of rotatable bonds is 6. The third kappa shape index (κ3) is 7.10. The monoisotopic (exact) mass is 531 g/mol. The van der Waals surface area contributed by atoms with Crippen molar-refractivity contribution in [2.24, 2.45) is 0 Å². The summed E-state index contributed by atoms with van der Waals surface area (Å²) in [5.41, 5.74) is 5.83. The van der Waals surface area contributed by atoms with Crippen LogP contribution in [0.25, 0.3) is 22.4 Å². The molecule has 6 nitrogen and oxygen atoms in total. The van der Waals surface area contributed by atoms with Crippen LogP contribution in [0.15, 0.2) is 109 Å². The molecule has 0 saturated carbocycles. The molecule has 0 aliphatic carbocycles. The number of carboxylic acids is 1. The molecule has 198 valence electrons. The van der Waals surface area contributed by atoms with Crippen LogP contribution in [0.2, 0.25) is 0 Å². The Hall–Kier alpha value is -4.92. The number of carbonyl (C=O) groups excluding carboxylic acids is 1. The largest absolute Gasteiger partial charge is 0.490 e. The predicted molar refractivity (Wildman–Crippen MR) is 142 cm³/mol. The molecule has 1 heterocycles. The first-order chi connectivity index (χ1) is 18.7. The van der Waals surface area contributed by atoms with Crippen molar-refractivity contribution >= 4 is 22.9 Å². The van der Waals surface area contributed by atoms with Gasteiger partial charge in [-0.05, 0) is 35.4 Å². The van der Waals surface area contributed by atoms with Crippen molar-refractivity contribution in [2.45, 2.75) is 19.3 Å². The van der Waals surface area contributed by atoms with Gasteiger partial charge in [-0.1, -0.05) is 84.9 Å². The summed E-state index contributed by atoms with van der Waals surface area (Å²) in [5, 5.41) is 10.1. The fourth-order valence-corrected chi connectivity index (χ4v) is 3.90. The highest BCUT2D eigenvalue weighted by Gasteiger charge is 2.38. The maximum atomic E-state index is 12.8. The molecule has 0 fully saturated rings. The Kier molecular flexibility index (Phi) is 8.40. The maximum absolute atomic E-state index is 12.8. The van der Waals surface area contributed by atoms with Crippen LogP contribution in [-0.2, 0) is 17.9 Å². The summed E-state index contributed by atoms with van der Waals surface area (Å²) in [4.78, 5) is 26.6. The molecule has 1 aromatic heterocycles. The molecule has 1 amide bonds. The SMILES string of the molecule is O=C(NCc1ccccc1)c1cccc(-c2nc3ccccc3n2Cc2ccccc2)c1.O=C(O)C(F)(F)F. The van der Waals surface area contributed by atoms with Crippen LogP contribution in [0.4, 0.5) is 13.2 Å². The highest BCUT2D eigenvalue weighted by atomic mass is 19.4. The van der Waals surface area contributed by atoms with Gasteiger partial charge in [0.15, 0.2) is 0 Å². The zero-order valence-corrected chi connectivity index (χ0v) is 20.6. The van der Waals surface area contributed by atoms with Crippen LogP contribution in [0.5, 0.6) is 0 Å². The molecule has 0 aliphatic heterocycles. The molecule has 0 saturated heterocycles. The summed E-state index contributed by atoms with van der Waals surface area (Å²) in [6.07, 6.45) is -5.08.